The minimum atomic E-state index is -0.854. The average molecular weight is 467 g/mol. The molecule has 1 aromatic heterocycles. The van der Waals surface area contributed by atoms with Crippen LogP contribution in [0.2, 0.25) is 0 Å². The van der Waals surface area contributed by atoms with Gasteiger partial charge in [0, 0.05) is 12.1 Å². The van der Waals surface area contributed by atoms with Crippen LogP contribution in [0.5, 0.6) is 0 Å². The molecule has 0 saturated carbocycles. The molecule has 10 heteroatoms. The molecule has 2 aromatic carbocycles. The number of fused-ring (bicyclic) bond motifs is 1. The number of benzene rings is 2. The van der Waals surface area contributed by atoms with Crippen LogP contribution in [0.4, 0.5) is 10.1 Å². The van der Waals surface area contributed by atoms with Crippen molar-refractivity contribution in [3.8, 4) is 0 Å². The number of hydrogen-bond acceptors (Lipinski definition) is 7. The lowest BCUT2D eigenvalue weighted by molar-refractivity contribution is -0.384. The van der Waals surface area contributed by atoms with Gasteiger partial charge in [0.25, 0.3) is 11.2 Å². The first-order chi connectivity index (χ1) is 15.8. The number of nitrogens with zero attached hydrogens (tertiary/aromatic N) is 3. The van der Waals surface area contributed by atoms with E-state index in [0.29, 0.717) is 26.2 Å². The van der Waals surface area contributed by atoms with Crippen molar-refractivity contribution in [3.63, 3.8) is 0 Å². The Morgan fingerprint density at radius 2 is 2.03 bits per heavy atom. The normalized spacial score (nSPS) is 15.7. The summed E-state index contributed by atoms with van der Waals surface area (Å²) in [6, 6.07) is 10.6. The number of nitro benzene ring substituents is 1. The third-order valence-electron chi connectivity index (χ3n) is 5.08. The lowest BCUT2D eigenvalue weighted by Gasteiger charge is -2.24. The maximum Gasteiger partial charge on any atom is 0.338 e. The van der Waals surface area contributed by atoms with Crippen molar-refractivity contribution in [1.82, 2.24) is 4.57 Å². The highest BCUT2D eigenvalue weighted by Gasteiger charge is 2.33. The van der Waals surface area contributed by atoms with Gasteiger partial charge >= 0.3 is 5.97 Å². The molecule has 4 rings (SSSR count). The van der Waals surface area contributed by atoms with Crippen LogP contribution in [0.3, 0.4) is 0 Å². The van der Waals surface area contributed by atoms with Crippen molar-refractivity contribution in [2.75, 3.05) is 6.61 Å². The Hall–Kier alpha value is -3.92. The molecule has 33 heavy (non-hydrogen) atoms. The van der Waals surface area contributed by atoms with Crippen LogP contribution in [0.25, 0.3) is 6.08 Å². The lowest BCUT2D eigenvalue weighted by atomic mass is 9.96. The monoisotopic (exact) mass is 467 g/mol. The van der Waals surface area contributed by atoms with E-state index in [1.54, 1.807) is 26.0 Å². The molecule has 0 bridgehead atoms. The van der Waals surface area contributed by atoms with E-state index < -0.39 is 28.3 Å². The number of esters is 1. The van der Waals surface area contributed by atoms with Gasteiger partial charge in [0.05, 0.1) is 33.4 Å². The van der Waals surface area contributed by atoms with Gasteiger partial charge < -0.3 is 4.74 Å². The van der Waals surface area contributed by atoms with E-state index >= 15 is 0 Å². The summed E-state index contributed by atoms with van der Waals surface area (Å²) in [6.07, 6.45) is 1.54. The van der Waals surface area contributed by atoms with Crippen molar-refractivity contribution in [2.24, 2.45) is 4.99 Å². The molecule has 8 nitrogen and oxygen atoms in total. The molecular formula is C23H18FN3O5S. The van der Waals surface area contributed by atoms with Gasteiger partial charge in [-0.05, 0) is 43.2 Å². The average Bonchev–Trinajstić information content (AvgIpc) is 3.08. The molecule has 0 unspecified atom stereocenters. The van der Waals surface area contributed by atoms with Crippen molar-refractivity contribution in [2.45, 2.75) is 19.9 Å². The van der Waals surface area contributed by atoms with Crippen LogP contribution in [-0.4, -0.2) is 22.1 Å². The van der Waals surface area contributed by atoms with E-state index in [1.165, 1.54) is 47.0 Å². The largest absolute Gasteiger partial charge is 0.463 e. The molecule has 0 amide bonds. The van der Waals surface area contributed by atoms with Gasteiger partial charge in [-0.15, -0.1) is 0 Å². The first kappa shape index (κ1) is 22.3. The van der Waals surface area contributed by atoms with E-state index in [4.69, 9.17) is 4.74 Å². The summed E-state index contributed by atoms with van der Waals surface area (Å²) < 4.78 is 20.4. The molecule has 0 radical (unpaired) electrons. The Morgan fingerprint density at radius 3 is 2.70 bits per heavy atom. The zero-order valence-corrected chi connectivity index (χ0v) is 18.5. The Morgan fingerprint density at radius 1 is 1.30 bits per heavy atom. The molecule has 0 spiro atoms. The topological polar surface area (TPSA) is 104 Å². The molecule has 0 N–H and O–H groups in total. The molecule has 1 aliphatic rings. The van der Waals surface area contributed by atoms with Crippen molar-refractivity contribution in [1.29, 1.82) is 0 Å². The Bertz CT molecular complexity index is 1470. The second kappa shape index (κ2) is 8.91. The van der Waals surface area contributed by atoms with Gasteiger partial charge in [-0.1, -0.05) is 35.6 Å². The molecule has 168 valence electrons. The molecule has 1 aliphatic heterocycles. The Labute approximate surface area is 190 Å². The zero-order chi connectivity index (χ0) is 23.7. The Kier molecular flexibility index (Phi) is 6.01. The van der Waals surface area contributed by atoms with Gasteiger partial charge in [0.2, 0.25) is 0 Å². The number of non-ortho nitro benzene ring substituents is 1. The maximum absolute atomic E-state index is 13.6. The predicted molar refractivity (Wildman–Crippen MR) is 120 cm³/mol. The number of ether oxygens (including phenoxy) is 1. The summed E-state index contributed by atoms with van der Waals surface area (Å²) in [4.78, 5) is 41.6. The second-order valence-electron chi connectivity index (χ2n) is 7.21. The number of halogens is 1. The molecule has 2 heterocycles. The molecule has 0 saturated heterocycles. The standard InChI is InChI=1S/C23H18FN3O5S/c1-3-32-22(29)19-13(2)25-23-26(20(19)15-7-9-16(24)10-8-15)21(28)18(33-23)12-14-5-4-6-17(11-14)27(30)31/h4-12,20H,3H2,1-2H3/b18-12-/t20-/m0/s1. The van der Waals surface area contributed by atoms with E-state index in [2.05, 4.69) is 4.99 Å². The third kappa shape index (κ3) is 4.24. The Balaban J connectivity index is 1.94. The summed E-state index contributed by atoms with van der Waals surface area (Å²) in [5, 5.41) is 11.1. The smallest absolute Gasteiger partial charge is 0.338 e. The van der Waals surface area contributed by atoms with Crippen LogP contribution < -0.4 is 14.9 Å². The third-order valence-corrected chi connectivity index (χ3v) is 6.06. The van der Waals surface area contributed by atoms with E-state index in [0.717, 1.165) is 11.3 Å². The first-order valence-corrected chi connectivity index (χ1v) is 10.8. The van der Waals surface area contributed by atoms with Gasteiger partial charge in [-0.3, -0.25) is 19.5 Å². The van der Waals surface area contributed by atoms with Crippen LogP contribution in [0.1, 0.15) is 31.0 Å². The fraction of sp³-hybridized carbons (Fsp3) is 0.174. The van der Waals surface area contributed by atoms with E-state index in [9.17, 15) is 24.1 Å². The number of carbonyl (C=O) groups excluding carboxylic acids is 1. The number of allylic oxidation sites excluding steroid dienone is 1. The minimum Gasteiger partial charge on any atom is -0.463 e. The van der Waals surface area contributed by atoms with Crippen molar-refractivity contribution >= 4 is 29.1 Å². The SMILES string of the molecule is CCOC(=O)C1=C(C)N=c2s/c(=C\c3cccc([N+](=O)[O-])c3)c(=O)n2[C@H]1c1ccc(F)cc1. The number of thiazole rings is 1. The summed E-state index contributed by atoms with van der Waals surface area (Å²) in [5.41, 5.74) is 1.07. The highest BCUT2D eigenvalue weighted by atomic mass is 32.1. The van der Waals surface area contributed by atoms with Crippen LogP contribution >= 0.6 is 11.3 Å². The van der Waals surface area contributed by atoms with E-state index in [-0.39, 0.29) is 17.9 Å². The van der Waals surface area contributed by atoms with Crippen molar-refractivity contribution < 1.29 is 18.8 Å². The number of nitro groups is 1. The molecule has 0 aliphatic carbocycles. The van der Waals surface area contributed by atoms with E-state index in [1.807, 2.05) is 0 Å². The summed E-state index contributed by atoms with van der Waals surface area (Å²) >= 11 is 1.10. The highest BCUT2D eigenvalue weighted by molar-refractivity contribution is 7.07. The number of rotatable bonds is 5. The summed E-state index contributed by atoms with van der Waals surface area (Å²) in [5.74, 6) is -1.06. The fourth-order valence-electron chi connectivity index (χ4n) is 3.63. The van der Waals surface area contributed by atoms with Gasteiger partial charge in [0.15, 0.2) is 4.80 Å². The summed E-state index contributed by atoms with van der Waals surface area (Å²) in [7, 11) is 0. The molecule has 1 atom stereocenters. The predicted octanol–water partition coefficient (Wildman–Crippen LogP) is 2.85. The number of carbonyl (C=O) groups is 1. The fourth-order valence-corrected chi connectivity index (χ4v) is 4.68. The van der Waals surface area contributed by atoms with Gasteiger partial charge in [-0.25, -0.2) is 14.2 Å². The zero-order valence-electron chi connectivity index (χ0n) is 17.6. The number of aromatic nitrogens is 1. The molecule has 3 aromatic rings. The second-order valence-corrected chi connectivity index (χ2v) is 8.22. The summed E-state index contributed by atoms with van der Waals surface area (Å²) in [6.45, 7) is 3.47. The van der Waals surface area contributed by atoms with Crippen LogP contribution in [0.15, 0.2) is 69.6 Å². The van der Waals surface area contributed by atoms with Crippen LogP contribution in [-0.2, 0) is 9.53 Å². The lowest BCUT2D eigenvalue weighted by Crippen LogP contribution is -2.39. The van der Waals surface area contributed by atoms with Crippen LogP contribution in [0, 0.1) is 15.9 Å². The van der Waals surface area contributed by atoms with Gasteiger partial charge in [-0.2, -0.15) is 0 Å². The minimum absolute atomic E-state index is 0.0962. The van der Waals surface area contributed by atoms with Gasteiger partial charge in [0.1, 0.15) is 5.82 Å². The highest BCUT2D eigenvalue weighted by Crippen LogP contribution is 2.30. The molecule has 0 fully saturated rings. The number of hydrogen-bond donors (Lipinski definition) is 0. The quantitative estimate of drug-likeness (QED) is 0.326. The first-order valence-electron chi connectivity index (χ1n) is 9.99. The molecular weight excluding hydrogens is 449 g/mol. The maximum atomic E-state index is 13.6. The van der Waals surface area contributed by atoms with Crippen molar-refractivity contribution in [3.05, 3.63) is 107 Å².